The molecule has 1 aromatic carbocycles. The van der Waals surface area contributed by atoms with Gasteiger partial charge in [-0.05, 0) is 43.0 Å². The van der Waals surface area contributed by atoms with E-state index >= 15 is 0 Å². The van der Waals surface area contributed by atoms with Crippen LogP contribution in [0.4, 0.5) is 5.82 Å². The van der Waals surface area contributed by atoms with Crippen molar-refractivity contribution in [2.75, 3.05) is 5.32 Å². The zero-order valence-electron chi connectivity index (χ0n) is 16.7. The van der Waals surface area contributed by atoms with E-state index in [2.05, 4.69) is 20.4 Å². The van der Waals surface area contributed by atoms with Gasteiger partial charge in [0.1, 0.15) is 11.5 Å². The summed E-state index contributed by atoms with van der Waals surface area (Å²) in [5.74, 6) is 0.408. The molecule has 158 valence electrons. The van der Waals surface area contributed by atoms with Gasteiger partial charge in [0.25, 0.3) is 0 Å². The molecule has 10 heteroatoms. The SMILES string of the molecule is Cc1c(Cl)cccc1CNc1cc(=NC2CC2)n2nc/c(=C\c3[nH]c(=O)[nH]c3O)c2n1. The summed E-state index contributed by atoms with van der Waals surface area (Å²) >= 11 is 6.24. The van der Waals surface area contributed by atoms with Crippen molar-refractivity contribution in [2.45, 2.75) is 32.4 Å². The summed E-state index contributed by atoms with van der Waals surface area (Å²) in [6.45, 7) is 2.54. The van der Waals surface area contributed by atoms with Gasteiger partial charge in [0.2, 0.25) is 5.88 Å². The predicted octanol–water partition coefficient (Wildman–Crippen LogP) is 1.64. The van der Waals surface area contributed by atoms with Crippen LogP contribution in [0.2, 0.25) is 5.02 Å². The van der Waals surface area contributed by atoms with E-state index < -0.39 is 5.69 Å². The Balaban J connectivity index is 1.59. The Morgan fingerprint density at radius 2 is 2.23 bits per heavy atom. The Bertz CT molecular complexity index is 1460. The standard InChI is InChI=1S/C21H20ClN7O2/c1-11-12(3-2-4-15(11)22)9-23-17-8-18(25-14-5-6-14)29-19(27-17)13(10-24-29)7-16-20(30)28-21(31)26-16/h2-4,7-8,10,14,23,30H,5-6,9H2,1H3,(H2,26,28,31)/b13-7+,25-18?. The smallest absolute Gasteiger partial charge is 0.326 e. The molecular weight excluding hydrogens is 418 g/mol. The van der Waals surface area contributed by atoms with Gasteiger partial charge in [-0.25, -0.2) is 9.78 Å². The maximum absolute atomic E-state index is 11.4. The average molecular weight is 438 g/mol. The molecule has 4 N–H and O–H groups in total. The molecule has 1 saturated carbocycles. The van der Waals surface area contributed by atoms with Crippen molar-refractivity contribution in [3.05, 3.63) is 73.5 Å². The Kier molecular flexibility index (Phi) is 4.74. The fourth-order valence-electron chi connectivity index (χ4n) is 3.32. The van der Waals surface area contributed by atoms with Crippen LogP contribution in [0.1, 0.15) is 29.7 Å². The summed E-state index contributed by atoms with van der Waals surface area (Å²) in [7, 11) is 0. The van der Waals surface area contributed by atoms with E-state index in [9.17, 15) is 9.90 Å². The number of hydrogen-bond acceptors (Lipinski definition) is 6. The van der Waals surface area contributed by atoms with E-state index in [1.165, 1.54) is 0 Å². The molecular formula is C21H20ClN7O2. The monoisotopic (exact) mass is 437 g/mol. The van der Waals surface area contributed by atoms with Crippen LogP contribution in [0.25, 0.3) is 11.7 Å². The van der Waals surface area contributed by atoms with Gasteiger partial charge in [0.15, 0.2) is 11.1 Å². The molecule has 5 rings (SSSR count). The number of benzene rings is 1. The van der Waals surface area contributed by atoms with Crippen LogP contribution in [0.15, 0.2) is 40.2 Å². The highest BCUT2D eigenvalue weighted by Crippen LogP contribution is 2.23. The van der Waals surface area contributed by atoms with Crippen LogP contribution in [-0.2, 0) is 6.54 Å². The summed E-state index contributed by atoms with van der Waals surface area (Å²) in [5.41, 5.74) is 3.13. The first kappa shape index (κ1) is 19.4. The number of anilines is 1. The molecule has 1 fully saturated rings. The first-order chi connectivity index (χ1) is 15.0. The maximum atomic E-state index is 11.4. The molecule has 1 aliphatic rings. The molecule has 0 bridgehead atoms. The molecule has 0 saturated heterocycles. The number of rotatable bonds is 5. The van der Waals surface area contributed by atoms with E-state index in [-0.39, 0.29) is 11.6 Å². The maximum Gasteiger partial charge on any atom is 0.326 e. The highest BCUT2D eigenvalue weighted by atomic mass is 35.5. The minimum Gasteiger partial charge on any atom is -0.493 e. The number of aromatic hydroxyl groups is 1. The van der Waals surface area contributed by atoms with Gasteiger partial charge in [0.05, 0.1) is 12.2 Å². The van der Waals surface area contributed by atoms with Gasteiger partial charge in [-0.15, -0.1) is 0 Å². The van der Waals surface area contributed by atoms with Crippen LogP contribution in [0.3, 0.4) is 0 Å². The van der Waals surface area contributed by atoms with Gasteiger partial charge in [0, 0.05) is 22.9 Å². The normalized spacial score (nSPS) is 15.2. The summed E-state index contributed by atoms with van der Waals surface area (Å²) in [4.78, 5) is 25.8. The fraction of sp³-hybridized carbons (Fsp3) is 0.238. The van der Waals surface area contributed by atoms with Gasteiger partial charge in [-0.2, -0.15) is 9.61 Å². The molecule has 3 heterocycles. The van der Waals surface area contributed by atoms with E-state index in [0.717, 1.165) is 29.0 Å². The number of H-pyrrole nitrogens is 2. The molecule has 4 aromatic rings. The van der Waals surface area contributed by atoms with Crippen molar-refractivity contribution in [2.24, 2.45) is 4.99 Å². The number of hydrogen-bond donors (Lipinski definition) is 4. The fourth-order valence-corrected chi connectivity index (χ4v) is 3.51. The molecule has 0 aliphatic heterocycles. The van der Waals surface area contributed by atoms with Crippen LogP contribution in [0.5, 0.6) is 5.88 Å². The molecule has 9 nitrogen and oxygen atoms in total. The summed E-state index contributed by atoms with van der Waals surface area (Å²) in [5, 5.41) is 19.0. The Morgan fingerprint density at radius 1 is 1.39 bits per heavy atom. The van der Waals surface area contributed by atoms with Crippen molar-refractivity contribution in [1.29, 1.82) is 0 Å². The number of halogens is 1. The first-order valence-electron chi connectivity index (χ1n) is 9.91. The lowest BCUT2D eigenvalue weighted by atomic mass is 10.1. The molecule has 0 unspecified atom stereocenters. The van der Waals surface area contributed by atoms with E-state index in [4.69, 9.17) is 21.6 Å². The summed E-state index contributed by atoms with van der Waals surface area (Å²) in [6, 6.07) is 7.98. The highest BCUT2D eigenvalue weighted by Gasteiger charge is 2.20. The van der Waals surface area contributed by atoms with E-state index in [1.807, 2.05) is 31.2 Å². The van der Waals surface area contributed by atoms with Gasteiger partial charge in [-0.3, -0.25) is 9.98 Å². The average Bonchev–Trinajstić information content (AvgIpc) is 3.37. The highest BCUT2D eigenvalue weighted by molar-refractivity contribution is 6.31. The lowest BCUT2D eigenvalue weighted by molar-refractivity contribution is 0.454. The zero-order chi connectivity index (χ0) is 21.5. The molecule has 1 aliphatic carbocycles. The third-order valence-corrected chi connectivity index (χ3v) is 5.63. The second kappa shape index (κ2) is 7.59. The van der Waals surface area contributed by atoms with Crippen LogP contribution in [-0.4, -0.2) is 35.7 Å². The van der Waals surface area contributed by atoms with E-state index in [0.29, 0.717) is 34.8 Å². The Labute approximate surface area is 181 Å². The van der Waals surface area contributed by atoms with E-state index in [1.54, 1.807) is 16.8 Å². The summed E-state index contributed by atoms with van der Waals surface area (Å²) < 4.78 is 1.67. The summed E-state index contributed by atoms with van der Waals surface area (Å²) in [6.07, 6.45) is 5.37. The van der Waals surface area contributed by atoms with Crippen molar-refractivity contribution in [3.63, 3.8) is 0 Å². The number of nitrogens with zero attached hydrogens (tertiary/aromatic N) is 4. The lowest BCUT2D eigenvalue weighted by Crippen LogP contribution is -2.20. The molecule has 3 aromatic heterocycles. The number of nitrogens with one attached hydrogen (secondary N) is 3. The molecule has 31 heavy (non-hydrogen) atoms. The number of fused-ring (bicyclic) bond motifs is 1. The molecule has 0 amide bonds. The van der Waals surface area contributed by atoms with Gasteiger partial charge >= 0.3 is 5.69 Å². The number of imidazole rings is 1. The minimum atomic E-state index is -0.489. The molecule has 0 spiro atoms. The minimum absolute atomic E-state index is 0.238. The molecule has 0 radical (unpaired) electrons. The van der Waals surface area contributed by atoms with Crippen molar-refractivity contribution in [1.82, 2.24) is 24.6 Å². The lowest BCUT2D eigenvalue weighted by Gasteiger charge is -2.10. The van der Waals surface area contributed by atoms with Crippen LogP contribution < -0.4 is 21.7 Å². The topological polar surface area (TPSA) is 123 Å². The zero-order valence-corrected chi connectivity index (χ0v) is 17.4. The number of aromatic amines is 2. The molecule has 0 atom stereocenters. The van der Waals surface area contributed by atoms with Gasteiger partial charge < -0.3 is 15.4 Å². The largest absolute Gasteiger partial charge is 0.493 e. The van der Waals surface area contributed by atoms with Crippen molar-refractivity contribution >= 4 is 29.1 Å². The quantitative estimate of drug-likeness (QED) is 0.378. The van der Waals surface area contributed by atoms with Crippen molar-refractivity contribution < 1.29 is 5.11 Å². The Morgan fingerprint density at radius 3 is 2.97 bits per heavy atom. The van der Waals surface area contributed by atoms with Crippen LogP contribution in [0, 0.1) is 6.92 Å². The second-order valence-corrected chi connectivity index (χ2v) is 7.97. The second-order valence-electron chi connectivity index (χ2n) is 7.56. The third kappa shape index (κ3) is 3.91. The van der Waals surface area contributed by atoms with Gasteiger partial charge in [-0.1, -0.05) is 23.7 Å². The number of aromatic nitrogens is 5. The van der Waals surface area contributed by atoms with Crippen molar-refractivity contribution in [3.8, 4) is 5.88 Å². The third-order valence-electron chi connectivity index (χ3n) is 5.22. The Hall–Kier alpha value is -3.59. The first-order valence-corrected chi connectivity index (χ1v) is 10.3. The van der Waals surface area contributed by atoms with Crippen LogP contribution >= 0.6 is 11.6 Å². The predicted molar refractivity (Wildman–Crippen MR) is 117 cm³/mol.